The van der Waals surface area contributed by atoms with Crippen molar-refractivity contribution < 1.29 is 4.74 Å². The summed E-state index contributed by atoms with van der Waals surface area (Å²) in [6.45, 7) is 5.67. The van der Waals surface area contributed by atoms with E-state index in [4.69, 9.17) is 10.5 Å². The van der Waals surface area contributed by atoms with Gasteiger partial charge in [0.05, 0.1) is 6.10 Å². The molecule has 0 spiro atoms. The Labute approximate surface area is 99.1 Å². The third kappa shape index (κ3) is 2.13. The molecule has 2 fully saturated rings. The first kappa shape index (κ1) is 12.3. The van der Waals surface area contributed by atoms with Gasteiger partial charge in [-0.05, 0) is 31.7 Å². The molecule has 2 aliphatic rings. The lowest BCUT2D eigenvalue weighted by Gasteiger charge is -2.51. The molecule has 0 aliphatic heterocycles. The first-order valence-corrected chi connectivity index (χ1v) is 6.57. The summed E-state index contributed by atoms with van der Waals surface area (Å²) in [6.07, 6.45) is 5.38. The van der Waals surface area contributed by atoms with Crippen LogP contribution in [0.15, 0.2) is 0 Å². The molecule has 3 nitrogen and oxygen atoms in total. The number of hydrogen-bond donors (Lipinski definition) is 2. The molecule has 0 aromatic rings. The summed E-state index contributed by atoms with van der Waals surface area (Å²) < 4.78 is 5.46. The molecule has 0 aromatic carbocycles. The fourth-order valence-electron chi connectivity index (χ4n) is 3.24. The highest BCUT2D eigenvalue weighted by atomic mass is 16.5. The molecule has 3 heteroatoms. The number of methoxy groups -OCH3 is 1. The molecule has 2 rings (SSSR count). The van der Waals surface area contributed by atoms with Gasteiger partial charge in [0.25, 0.3) is 0 Å². The second-order valence-corrected chi connectivity index (χ2v) is 6.10. The molecule has 0 amide bonds. The molecular formula is C13H26N2O. The Morgan fingerprint density at radius 1 is 1.38 bits per heavy atom. The third-order valence-corrected chi connectivity index (χ3v) is 4.81. The van der Waals surface area contributed by atoms with E-state index in [9.17, 15) is 0 Å². The van der Waals surface area contributed by atoms with Gasteiger partial charge in [0, 0.05) is 24.6 Å². The number of nitrogens with two attached hydrogens (primary N) is 1. The SMILES string of the molecule is COC1CC(NCC2CCCC2N)C1(C)C. The van der Waals surface area contributed by atoms with Crippen molar-refractivity contribution in [1.82, 2.24) is 5.32 Å². The Hall–Kier alpha value is -0.120. The number of nitrogens with one attached hydrogen (secondary N) is 1. The quantitative estimate of drug-likeness (QED) is 0.764. The zero-order valence-corrected chi connectivity index (χ0v) is 10.8. The lowest BCUT2D eigenvalue weighted by molar-refractivity contribution is -0.0981. The van der Waals surface area contributed by atoms with E-state index < -0.39 is 0 Å². The van der Waals surface area contributed by atoms with Crippen molar-refractivity contribution in [1.29, 1.82) is 0 Å². The van der Waals surface area contributed by atoms with Gasteiger partial charge in [-0.2, -0.15) is 0 Å². The minimum atomic E-state index is 0.275. The Kier molecular flexibility index (Phi) is 3.57. The summed E-state index contributed by atoms with van der Waals surface area (Å²) in [4.78, 5) is 0. The zero-order valence-electron chi connectivity index (χ0n) is 10.8. The van der Waals surface area contributed by atoms with Crippen molar-refractivity contribution in [3.05, 3.63) is 0 Å². The normalized spacial score (nSPS) is 42.0. The topological polar surface area (TPSA) is 47.3 Å². The van der Waals surface area contributed by atoms with Crippen molar-refractivity contribution in [2.75, 3.05) is 13.7 Å². The highest BCUT2D eigenvalue weighted by Gasteiger charge is 2.48. The molecule has 16 heavy (non-hydrogen) atoms. The maximum absolute atomic E-state index is 6.08. The molecule has 3 N–H and O–H groups in total. The van der Waals surface area contributed by atoms with Crippen LogP contribution in [-0.2, 0) is 4.74 Å². The van der Waals surface area contributed by atoms with Crippen LogP contribution < -0.4 is 11.1 Å². The van der Waals surface area contributed by atoms with Crippen LogP contribution in [0, 0.1) is 11.3 Å². The van der Waals surface area contributed by atoms with Gasteiger partial charge in [-0.1, -0.05) is 20.3 Å². The van der Waals surface area contributed by atoms with Gasteiger partial charge in [-0.3, -0.25) is 0 Å². The number of ether oxygens (including phenoxy) is 1. The van der Waals surface area contributed by atoms with Crippen molar-refractivity contribution in [3.8, 4) is 0 Å². The van der Waals surface area contributed by atoms with Crippen LogP contribution in [0.25, 0.3) is 0 Å². The van der Waals surface area contributed by atoms with Crippen molar-refractivity contribution in [2.24, 2.45) is 17.1 Å². The van der Waals surface area contributed by atoms with E-state index in [2.05, 4.69) is 19.2 Å². The highest BCUT2D eigenvalue weighted by molar-refractivity contribution is 5.03. The number of hydrogen-bond acceptors (Lipinski definition) is 3. The molecule has 4 atom stereocenters. The largest absolute Gasteiger partial charge is 0.381 e. The van der Waals surface area contributed by atoms with Crippen LogP contribution in [0.3, 0.4) is 0 Å². The minimum absolute atomic E-state index is 0.275. The summed E-state index contributed by atoms with van der Waals surface area (Å²) in [5.74, 6) is 0.692. The molecule has 0 bridgehead atoms. The highest BCUT2D eigenvalue weighted by Crippen LogP contribution is 2.42. The van der Waals surface area contributed by atoms with E-state index in [0.29, 0.717) is 24.1 Å². The third-order valence-electron chi connectivity index (χ3n) is 4.81. The van der Waals surface area contributed by atoms with Crippen molar-refractivity contribution in [3.63, 3.8) is 0 Å². The fourth-order valence-corrected chi connectivity index (χ4v) is 3.24. The predicted octanol–water partition coefficient (Wildman–Crippen LogP) is 1.52. The van der Waals surface area contributed by atoms with E-state index in [1.54, 1.807) is 0 Å². The lowest BCUT2D eigenvalue weighted by Crippen LogP contribution is -2.61. The summed E-state index contributed by atoms with van der Waals surface area (Å²) in [5, 5.41) is 3.69. The Morgan fingerprint density at radius 3 is 2.62 bits per heavy atom. The summed E-state index contributed by atoms with van der Waals surface area (Å²) in [6, 6.07) is 1.03. The van der Waals surface area contributed by atoms with Crippen LogP contribution in [0.1, 0.15) is 39.5 Å². The maximum Gasteiger partial charge on any atom is 0.0652 e. The van der Waals surface area contributed by atoms with Crippen LogP contribution in [0.2, 0.25) is 0 Å². The maximum atomic E-state index is 6.08. The van der Waals surface area contributed by atoms with Crippen LogP contribution in [0.5, 0.6) is 0 Å². The van der Waals surface area contributed by atoms with Crippen LogP contribution >= 0.6 is 0 Å². The first-order chi connectivity index (χ1) is 7.55. The van der Waals surface area contributed by atoms with Gasteiger partial charge < -0.3 is 15.8 Å². The van der Waals surface area contributed by atoms with Gasteiger partial charge >= 0.3 is 0 Å². The van der Waals surface area contributed by atoms with E-state index in [1.165, 1.54) is 19.3 Å². The average Bonchev–Trinajstić information content (AvgIpc) is 2.63. The second kappa shape index (κ2) is 4.63. The first-order valence-electron chi connectivity index (χ1n) is 6.57. The molecule has 4 unspecified atom stereocenters. The van der Waals surface area contributed by atoms with Crippen molar-refractivity contribution >= 4 is 0 Å². The second-order valence-electron chi connectivity index (χ2n) is 6.10. The molecule has 0 saturated heterocycles. The van der Waals surface area contributed by atoms with E-state index in [-0.39, 0.29) is 5.41 Å². The fraction of sp³-hybridized carbons (Fsp3) is 1.00. The molecule has 2 aliphatic carbocycles. The Morgan fingerprint density at radius 2 is 2.12 bits per heavy atom. The smallest absolute Gasteiger partial charge is 0.0652 e. The van der Waals surface area contributed by atoms with Gasteiger partial charge in [-0.25, -0.2) is 0 Å². The van der Waals surface area contributed by atoms with Crippen LogP contribution in [-0.4, -0.2) is 31.8 Å². The Balaban J connectivity index is 1.75. The summed E-state index contributed by atoms with van der Waals surface area (Å²) >= 11 is 0. The van der Waals surface area contributed by atoms with Crippen molar-refractivity contribution in [2.45, 2.75) is 57.7 Å². The lowest BCUT2D eigenvalue weighted by atomic mass is 9.64. The molecule has 2 saturated carbocycles. The molecule has 0 heterocycles. The minimum Gasteiger partial charge on any atom is -0.381 e. The van der Waals surface area contributed by atoms with Gasteiger partial charge in [0.15, 0.2) is 0 Å². The molecular weight excluding hydrogens is 200 g/mol. The van der Waals surface area contributed by atoms with Gasteiger partial charge in [-0.15, -0.1) is 0 Å². The van der Waals surface area contributed by atoms with Crippen LogP contribution in [0.4, 0.5) is 0 Å². The summed E-state index contributed by atoms with van der Waals surface area (Å²) in [5.41, 5.74) is 6.36. The van der Waals surface area contributed by atoms with Gasteiger partial charge in [0.1, 0.15) is 0 Å². The van der Waals surface area contributed by atoms with Gasteiger partial charge in [0.2, 0.25) is 0 Å². The molecule has 94 valence electrons. The standard InChI is InChI=1S/C13H26N2O/c1-13(2)11(7-12(13)16-3)15-8-9-5-4-6-10(9)14/h9-12,15H,4-8,14H2,1-3H3. The van der Waals surface area contributed by atoms with E-state index in [0.717, 1.165) is 13.0 Å². The number of rotatable bonds is 4. The molecule has 0 aromatic heterocycles. The zero-order chi connectivity index (χ0) is 11.8. The van der Waals surface area contributed by atoms with E-state index in [1.807, 2.05) is 7.11 Å². The predicted molar refractivity (Wildman–Crippen MR) is 66.3 cm³/mol. The summed E-state index contributed by atoms with van der Waals surface area (Å²) in [7, 11) is 1.82. The average molecular weight is 226 g/mol. The molecule has 0 radical (unpaired) electrons. The monoisotopic (exact) mass is 226 g/mol. The van der Waals surface area contributed by atoms with E-state index >= 15 is 0 Å². The Bertz CT molecular complexity index is 242.